The minimum Gasteiger partial charge on any atom is -0.0776 e. The molecule has 0 aromatic carbocycles. The molecule has 0 saturated heterocycles. The largest absolute Gasteiger partial charge is 0.0776 e. The van der Waals surface area contributed by atoms with Gasteiger partial charge in [0.15, 0.2) is 0 Å². The van der Waals surface area contributed by atoms with Gasteiger partial charge in [-0.25, -0.2) is 0 Å². The highest BCUT2D eigenvalue weighted by molar-refractivity contribution is 4.51. The van der Waals surface area contributed by atoms with Crippen LogP contribution in [0, 0.1) is 0 Å². The van der Waals surface area contributed by atoms with E-state index in [0.29, 0.717) is 0 Å². The molecule has 9 heavy (non-hydrogen) atoms. The first-order valence-corrected chi connectivity index (χ1v) is 4.00. The molecule has 0 nitrogen and oxygen atoms in total. The molecule has 0 unspecified atom stereocenters. The fourth-order valence-corrected chi connectivity index (χ4v) is 0.500. The Hall–Kier alpha value is 0. The van der Waals surface area contributed by atoms with Crippen molar-refractivity contribution in [3.63, 3.8) is 0 Å². The summed E-state index contributed by atoms with van der Waals surface area (Å²) in [5, 5.41) is 0. The second-order valence-electron chi connectivity index (χ2n) is 2.83. The molecule has 2 aliphatic rings. The molecule has 0 aromatic heterocycles. The van der Waals surface area contributed by atoms with Gasteiger partial charge >= 0.3 is 0 Å². The number of hydrogen-bond donors (Lipinski definition) is 0. The van der Waals surface area contributed by atoms with Crippen LogP contribution in [0.1, 0.15) is 60.2 Å². The molecule has 0 aliphatic heterocycles. The maximum absolute atomic E-state index is 1.50. The molecule has 58 valence electrons. The van der Waals surface area contributed by atoms with E-state index in [4.69, 9.17) is 0 Å². The fourth-order valence-electron chi connectivity index (χ4n) is 0.500. The molecule has 0 amide bonds. The Morgan fingerprint density at radius 2 is 0.556 bits per heavy atom. The Morgan fingerprint density at radius 1 is 0.444 bits per heavy atom. The molecule has 0 spiro atoms. The molecule has 0 bridgehead atoms. The maximum atomic E-state index is 1.50. The van der Waals surface area contributed by atoms with Gasteiger partial charge in [0, 0.05) is 1.43 Å². The summed E-state index contributed by atoms with van der Waals surface area (Å²) in [7, 11) is 0. The van der Waals surface area contributed by atoms with Crippen LogP contribution in [0.25, 0.3) is 0 Å². The van der Waals surface area contributed by atoms with Gasteiger partial charge in [0.05, 0.1) is 0 Å². The average Bonchev–Trinajstić information content (AvgIpc) is 1.12. The molecule has 2 rings (SSSR count). The summed E-state index contributed by atoms with van der Waals surface area (Å²) in [5.41, 5.74) is 0. The van der Waals surface area contributed by atoms with Crippen LogP contribution in [-0.2, 0) is 0 Å². The lowest BCUT2D eigenvalue weighted by atomic mass is 10.0. The van der Waals surface area contributed by atoms with E-state index in [0.717, 1.165) is 0 Å². The third kappa shape index (κ3) is 4.50. The van der Waals surface area contributed by atoms with Gasteiger partial charge in [-0.05, 0) is 0 Å². The lowest BCUT2D eigenvalue weighted by Gasteiger charge is -2.05. The van der Waals surface area contributed by atoms with Gasteiger partial charge in [-0.3, -0.25) is 0 Å². The predicted molar refractivity (Wildman–Crippen MR) is 45.8 cm³/mol. The number of rotatable bonds is 0. The van der Waals surface area contributed by atoms with E-state index in [1.165, 1.54) is 51.4 Å². The minimum atomic E-state index is 0. The molecule has 2 saturated carbocycles. The van der Waals surface area contributed by atoms with Crippen molar-refractivity contribution in [2.24, 2.45) is 0 Å². The van der Waals surface area contributed by atoms with Gasteiger partial charge in [0.2, 0.25) is 0 Å². The Labute approximate surface area is 61.1 Å². The van der Waals surface area contributed by atoms with Crippen LogP contribution in [0.5, 0.6) is 0 Å². The molecular formula is C9H22. The predicted octanol–water partition coefficient (Wildman–Crippen LogP) is 4.00. The Kier molecular flexibility index (Phi) is 6.12. The van der Waals surface area contributed by atoms with Gasteiger partial charge in [0.1, 0.15) is 0 Å². The zero-order chi connectivity index (χ0) is 5.66. The summed E-state index contributed by atoms with van der Waals surface area (Å²) >= 11 is 0. The van der Waals surface area contributed by atoms with Gasteiger partial charge in [-0.2, -0.15) is 0 Å². The summed E-state index contributed by atoms with van der Waals surface area (Å²) in [5.74, 6) is 0. The van der Waals surface area contributed by atoms with Crippen LogP contribution in [-0.4, -0.2) is 0 Å². The standard InChI is InChI=1S/2C4H8.CH4.H2/c2*1-2-4-3-1;;/h2*1-4H2;1H4;1H/i;;;1+1. The lowest BCUT2D eigenvalue weighted by molar-refractivity contribution is 0.504. The van der Waals surface area contributed by atoms with Crippen molar-refractivity contribution in [2.75, 3.05) is 0 Å². The van der Waals surface area contributed by atoms with Crippen molar-refractivity contribution in [3.8, 4) is 0 Å². The zero-order valence-electron chi connectivity index (χ0n) is 5.66. The van der Waals surface area contributed by atoms with Crippen LogP contribution in [0.15, 0.2) is 0 Å². The summed E-state index contributed by atoms with van der Waals surface area (Å²) in [6.07, 6.45) is 12.0. The van der Waals surface area contributed by atoms with E-state index in [2.05, 4.69) is 0 Å². The van der Waals surface area contributed by atoms with E-state index in [1.807, 2.05) is 0 Å². The van der Waals surface area contributed by atoms with Crippen molar-refractivity contribution >= 4 is 0 Å². The smallest absolute Gasteiger partial charge is 0 e. The van der Waals surface area contributed by atoms with Crippen molar-refractivity contribution in [1.82, 2.24) is 0 Å². The fraction of sp³-hybridized carbons (Fsp3) is 1.00. The third-order valence-corrected chi connectivity index (χ3v) is 2.00. The van der Waals surface area contributed by atoms with E-state index >= 15 is 0 Å². The SMILES string of the molecule is C.C1CCC1.C1CCC1.[2HH]. The van der Waals surface area contributed by atoms with E-state index in [-0.39, 0.29) is 8.85 Å². The molecule has 0 N–H and O–H groups in total. The van der Waals surface area contributed by atoms with E-state index in [1.54, 1.807) is 0 Å². The first kappa shape index (κ1) is 9.00. The zero-order valence-corrected chi connectivity index (χ0v) is 5.66. The summed E-state index contributed by atoms with van der Waals surface area (Å²) in [6, 6.07) is 0. The van der Waals surface area contributed by atoms with Crippen molar-refractivity contribution in [3.05, 3.63) is 0 Å². The Morgan fingerprint density at radius 3 is 0.556 bits per heavy atom. The normalized spacial score (nSPS) is 21.3. The highest BCUT2D eigenvalue weighted by Gasteiger charge is 1.95. The molecule has 0 aromatic rings. The van der Waals surface area contributed by atoms with Crippen LogP contribution in [0.2, 0.25) is 0 Å². The van der Waals surface area contributed by atoms with Gasteiger partial charge in [0.25, 0.3) is 0 Å². The van der Waals surface area contributed by atoms with Gasteiger partial charge < -0.3 is 0 Å². The van der Waals surface area contributed by atoms with Crippen molar-refractivity contribution < 1.29 is 1.43 Å². The summed E-state index contributed by atoms with van der Waals surface area (Å²) < 4.78 is 0. The third-order valence-electron chi connectivity index (χ3n) is 2.00. The van der Waals surface area contributed by atoms with Gasteiger partial charge in [-0.15, -0.1) is 0 Å². The maximum Gasteiger partial charge on any atom is 0 e. The van der Waals surface area contributed by atoms with Crippen LogP contribution in [0.4, 0.5) is 0 Å². The minimum absolute atomic E-state index is 0. The highest BCUT2D eigenvalue weighted by Crippen LogP contribution is 2.15. The average molecular weight is 131 g/mol. The van der Waals surface area contributed by atoms with Crippen molar-refractivity contribution in [2.45, 2.75) is 58.8 Å². The molecule has 0 atom stereocenters. The highest BCUT2D eigenvalue weighted by atomic mass is 14.0. The van der Waals surface area contributed by atoms with E-state index in [9.17, 15) is 0 Å². The molecule has 0 heterocycles. The summed E-state index contributed by atoms with van der Waals surface area (Å²) in [4.78, 5) is 0. The first-order valence-electron chi connectivity index (χ1n) is 4.00. The second kappa shape index (κ2) is 6.12. The molecule has 0 heteroatoms. The van der Waals surface area contributed by atoms with Crippen LogP contribution in [0.3, 0.4) is 0 Å². The Bertz CT molecular complexity index is 28.7. The van der Waals surface area contributed by atoms with Crippen molar-refractivity contribution in [1.29, 1.82) is 0 Å². The monoisotopic (exact) mass is 131 g/mol. The van der Waals surface area contributed by atoms with Crippen LogP contribution >= 0.6 is 0 Å². The summed E-state index contributed by atoms with van der Waals surface area (Å²) in [6.45, 7) is 0. The molecule has 2 fully saturated rings. The molecule has 2 aliphatic carbocycles. The quantitative estimate of drug-likeness (QED) is 0.466. The number of hydrogen-bond acceptors (Lipinski definition) is 0. The topological polar surface area (TPSA) is 0 Å². The van der Waals surface area contributed by atoms with E-state index < -0.39 is 0 Å². The van der Waals surface area contributed by atoms with Crippen LogP contribution < -0.4 is 0 Å². The second-order valence-corrected chi connectivity index (χ2v) is 2.83. The first-order chi connectivity index (χ1) is 4.00. The molecular weight excluding hydrogens is 108 g/mol. The molecule has 0 radical (unpaired) electrons. The Balaban J connectivity index is 0. The lowest BCUT2D eigenvalue weighted by Crippen LogP contribution is -1.85. The van der Waals surface area contributed by atoms with Gasteiger partial charge in [-0.1, -0.05) is 58.8 Å².